The lowest BCUT2D eigenvalue weighted by Crippen LogP contribution is -2.31. The molecule has 0 bridgehead atoms. The zero-order chi connectivity index (χ0) is 14.2. The Morgan fingerprint density at radius 1 is 1.11 bits per heavy atom. The van der Waals surface area contributed by atoms with Crippen LogP contribution in [-0.2, 0) is 17.3 Å². The smallest absolute Gasteiger partial charge is 0.163 e. The monoisotopic (exact) mass is 256 g/mol. The lowest BCUT2D eigenvalue weighted by atomic mass is 9.71. The normalized spacial score (nSPS) is 26.4. The molecule has 102 valence electrons. The van der Waals surface area contributed by atoms with Gasteiger partial charge in [-0.25, -0.2) is 0 Å². The highest BCUT2D eigenvalue weighted by Crippen LogP contribution is 2.56. The summed E-state index contributed by atoms with van der Waals surface area (Å²) >= 11 is 0. The van der Waals surface area contributed by atoms with E-state index in [0.29, 0.717) is 18.1 Å². The van der Waals surface area contributed by atoms with Gasteiger partial charge in [-0.05, 0) is 52.3 Å². The number of fused-ring (bicyclic) bond motifs is 3. The Morgan fingerprint density at radius 3 is 2.37 bits per heavy atom. The number of carbonyl (C=O) groups is 1. The number of carbonyl (C=O) groups excluding carboxylic acids is 1. The molecule has 0 spiro atoms. The van der Waals surface area contributed by atoms with Crippen LogP contribution in [0.25, 0.3) is 0 Å². The molecular formula is C18H24O. The summed E-state index contributed by atoms with van der Waals surface area (Å²) in [6.45, 7) is 13.9. The van der Waals surface area contributed by atoms with Crippen LogP contribution in [0, 0.1) is 12.8 Å². The van der Waals surface area contributed by atoms with Gasteiger partial charge >= 0.3 is 0 Å². The second-order valence-corrected chi connectivity index (χ2v) is 7.56. The van der Waals surface area contributed by atoms with Gasteiger partial charge in [0.1, 0.15) is 0 Å². The Morgan fingerprint density at radius 2 is 1.74 bits per heavy atom. The number of ketones is 1. The maximum atomic E-state index is 12.1. The van der Waals surface area contributed by atoms with E-state index in [-0.39, 0.29) is 10.8 Å². The van der Waals surface area contributed by atoms with E-state index in [2.05, 4.69) is 47.6 Å². The van der Waals surface area contributed by atoms with Gasteiger partial charge in [0.05, 0.1) is 0 Å². The van der Waals surface area contributed by atoms with Crippen LogP contribution in [0.1, 0.15) is 73.7 Å². The van der Waals surface area contributed by atoms with Crippen molar-refractivity contribution >= 4 is 5.78 Å². The summed E-state index contributed by atoms with van der Waals surface area (Å²) in [5.41, 5.74) is 6.92. The lowest BCUT2D eigenvalue weighted by molar-refractivity contribution is 0.0994. The molecule has 2 aliphatic rings. The van der Waals surface area contributed by atoms with E-state index in [1.165, 1.54) is 22.3 Å². The Labute approximate surface area is 116 Å². The summed E-state index contributed by atoms with van der Waals surface area (Å²) in [6, 6.07) is 2.29. The summed E-state index contributed by atoms with van der Waals surface area (Å²) in [5.74, 6) is 0.945. The Hall–Kier alpha value is -1.11. The topological polar surface area (TPSA) is 17.1 Å². The van der Waals surface area contributed by atoms with Crippen molar-refractivity contribution in [1.82, 2.24) is 0 Å². The Kier molecular flexibility index (Phi) is 2.38. The number of hydrogen-bond acceptors (Lipinski definition) is 1. The van der Waals surface area contributed by atoms with Crippen LogP contribution in [0.3, 0.4) is 0 Å². The predicted octanol–water partition coefficient (Wildman–Crippen LogP) is 4.33. The van der Waals surface area contributed by atoms with Gasteiger partial charge in [-0.15, -0.1) is 0 Å². The van der Waals surface area contributed by atoms with Gasteiger partial charge in [-0.1, -0.05) is 40.7 Å². The number of hydrogen-bond donors (Lipinski definition) is 0. The molecule has 1 aromatic rings. The SMILES string of the molecule is Cc1cc2c(c3c1C(=O)CC3)C(C)(C)[C@@H](C)C2(C)C. The summed E-state index contributed by atoms with van der Waals surface area (Å²) < 4.78 is 0. The van der Waals surface area contributed by atoms with E-state index < -0.39 is 0 Å². The minimum atomic E-state index is 0.168. The van der Waals surface area contributed by atoms with E-state index in [9.17, 15) is 4.79 Å². The molecule has 2 aliphatic carbocycles. The zero-order valence-corrected chi connectivity index (χ0v) is 13.0. The summed E-state index contributed by atoms with van der Waals surface area (Å²) in [4.78, 5) is 12.1. The average Bonchev–Trinajstić information content (AvgIpc) is 2.74. The molecule has 0 fully saturated rings. The Bertz CT molecular complexity index is 590. The molecule has 1 atom stereocenters. The molecule has 1 nitrogen and oxygen atoms in total. The third kappa shape index (κ3) is 1.39. The van der Waals surface area contributed by atoms with Crippen LogP contribution >= 0.6 is 0 Å². The molecule has 3 rings (SSSR count). The first-order chi connectivity index (χ1) is 8.69. The minimum absolute atomic E-state index is 0.168. The fourth-order valence-electron chi connectivity index (χ4n) is 4.48. The van der Waals surface area contributed by atoms with Crippen LogP contribution in [0.2, 0.25) is 0 Å². The number of benzene rings is 1. The van der Waals surface area contributed by atoms with Crippen molar-refractivity contribution in [1.29, 1.82) is 0 Å². The third-order valence-corrected chi connectivity index (χ3v) is 6.01. The highest BCUT2D eigenvalue weighted by molar-refractivity contribution is 6.02. The van der Waals surface area contributed by atoms with Gasteiger partial charge in [0, 0.05) is 12.0 Å². The van der Waals surface area contributed by atoms with E-state index in [4.69, 9.17) is 0 Å². The van der Waals surface area contributed by atoms with Gasteiger partial charge in [0.2, 0.25) is 0 Å². The Balaban J connectivity index is 2.40. The lowest BCUT2D eigenvalue weighted by Gasteiger charge is -2.33. The van der Waals surface area contributed by atoms with Gasteiger partial charge in [-0.3, -0.25) is 4.79 Å². The molecule has 1 heteroatoms. The molecule has 0 saturated carbocycles. The quantitative estimate of drug-likeness (QED) is 0.675. The fraction of sp³-hybridized carbons (Fsp3) is 0.611. The first-order valence-corrected chi connectivity index (χ1v) is 7.39. The third-order valence-electron chi connectivity index (χ3n) is 6.01. The molecule has 0 heterocycles. The molecule has 0 aliphatic heterocycles. The van der Waals surface area contributed by atoms with Crippen molar-refractivity contribution in [2.24, 2.45) is 5.92 Å². The first kappa shape index (κ1) is 12.9. The maximum absolute atomic E-state index is 12.1. The predicted molar refractivity (Wildman–Crippen MR) is 79.0 cm³/mol. The van der Waals surface area contributed by atoms with Crippen LogP contribution in [0.4, 0.5) is 0 Å². The van der Waals surface area contributed by atoms with Gasteiger partial charge < -0.3 is 0 Å². The molecule has 19 heavy (non-hydrogen) atoms. The van der Waals surface area contributed by atoms with Crippen LogP contribution < -0.4 is 0 Å². The molecule has 0 aromatic heterocycles. The molecular weight excluding hydrogens is 232 g/mol. The van der Waals surface area contributed by atoms with Crippen LogP contribution in [0.5, 0.6) is 0 Å². The number of Topliss-reactive ketones (excluding diaryl/α,β-unsaturated/α-hetero) is 1. The van der Waals surface area contributed by atoms with Crippen LogP contribution in [0.15, 0.2) is 6.07 Å². The largest absolute Gasteiger partial charge is 0.294 e. The van der Waals surface area contributed by atoms with Gasteiger partial charge in [-0.2, -0.15) is 0 Å². The second kappa shape index (κ2) is 3.50. The van der Waals surface area contributed by atoms with Crippen molar-refractivity contribution < 1.29 is 4.79 Å². The molecule has 0 N–H and O–H groups in total. The van der Waals surface area contributed by atoms with Crippen LogP contribution in [-0.4, -0.2) is 5.78 Å². The maximum Gasteiger partial charge on any atom is 0.163 e. The fourth-order valence-corrected chi connectivity index (χ4v) is 4.48. The number of rotatable bonds is 0. The molecule has 0 saturated heterocycles. The van der Waals surface area contributed by atoms with E-state index in [1.54, 1.807) is 0 Å². The standard InChI is InChI=1S/C18H24O/c1-10-9-13-16(12-7-8-14(19)15(10)12)18(5,6)11(2)17(13,3)4/h9,11H,7-8H2,1-6H3/t11-/m0/s1. The average molecular weight is 256 g/mol. The first-order valence-electron chi connectivity index (χ1n) is 7.39. The molecule has 0 unspecified atom stereocenters. The number of aryl methyl sites for hydroxylation is 1. The zero-order valence-electron chi connectivity index (χ0n) is 13.0. The summed E-state index contributed by atoms with van der Waals surface area (Å²) in [7, 11) is 0. The highest BCUT2D eigenvalue weighted by Gasteiger charge is 2.50. The van der Waals surface area contributed by atoms with E-state index in [0.717, 1.165) is 12.0 Å². The summed E-state index contributed by atoms with van der Waals surface area (Å²) in [6.07, 6.45) is 1.65. The van der Waals surface area contributed by atoms with Gasteiger partial charge in [0.15, 0.2) is 5.78 Å². The van der Waals surface area contributed by atoms with Crippen molar-refractivity contribution in [3.8, 4) is 0 Å². The molecule has 0 amide bonds. The van der Waals surface area contributed by atoms with E-state index >= 15 is 0 Å². The second-order valence-electron chi connectivity index (χ2n) is 7.56. The van der Waals surface area contributed by atoms with Crippen molar-refractivity contribution in [3.05, 3.63) is 33.9 Å². The highest BCUT2D eigenvalue weighted by atomic mass is 16.1. The van der Waals surface area contributed by atoms with Crippen molar-refractivity contribution in [2.75, 3.05) is 0 Å². The van der Waals surface area contributed by atoms with E-state index in [1.807, 2.05) is 0 Å². The molecule has 0 radical (unpaired) electrons. The molecule has 1 aromatic carbocycles. The minimum Gasteiger partial charge on any atom is -0.294 e. The van der Waals surface area contributed by atoms with Crippen molar-refractivity contribution in [3.63, 3.8) is 0 Å². The van der Waals surface area contributed by atoms with Gasteiger partial charge in [0.25, 0.3) is 0 Å². The van der Waals surface area contributed by atoms with Crippen molar-refractivity contribution in [2.45, 2.75) is 65.2 Å². The summed E-state index contributed by atoms with van der Waals surface area (Å²) in [5, 5.41) is 0.